The smallest absolute Gasteiger partial charge is 0.268 e. The van der Waals surface area contributed by atoms with Gasteiger partial charge < -0.3 is 10.1 Å². The Labute approximate surface area is 183 Å². The van der Waals surface area contributed by atoms with Crippen LogP contribution in [-0.2, 0) is 19.6 Å². The van der Waals surface area contributed by atoms with Crippen LogP contribution in [0, 0.1) is 6.92 Å². The van der Waals surface area contributed by atoms with E-state index in [-0.39, 0.29) is 16.9 Å². The molecule has 2 aromatic rings. The van der Waals surface area contributed by atoms with Gasteiger partial charge in [-0.3, -0.25) is 9.59 Å². The predicted octanol–water partition coefficient (Wildman–Crippen LogP) is 3.70. The summed E-state index contributed by atoms with van der Waals surface area (Å²) < 4.78 is 32.9. The first-order valence-corrected chi connectivity index (χ1v) is 11.4. The SMILES string of the molecule is CCC1=C(c2ccc(OC)cc2)S(=O)(=O)N(CC(=O)Nc2ccc(Br)c(C)c2)C1=O. The molecule has 0 atom stereocenters. The van der Waals surface area contributed by atoms with Crippen LogP contribution in [-0.4, -0.2) is 38.2 Å². The van der Waals surface area contributed by atoms with Crippen LogP contribution in [0.3, 0.4) is 0 Å². The fourth-order valence-electron chi connectivity index (χ4n) is 3.21. The molecule has 0 spiro atoms. The van der Waals surface area contributed by atoms with Crippen molar-refractivity contribution in [2.24, 2.45) is 0 Å². The molecule has 0 radical (unpaired) electrons. The van der Waals surface area contributed by atoms with E-state index in [4.69, 9.17) is 4.74 Å². The summed E-state index contributed by atoms with van der Waals surface area (Å²) in [5.41, 5.74) is 1.97. The van der Waals surface area contributed by atoms with Crippen LogP contribution in [0.4, 0.5) is 5.69 Å². The highest BCUT2D eigenvalue weighted by Crippen LogP contribution is 2.37. The zero-order valence-corrected chi connectivity index (χ0v) is 19.1. The second-order valence-electron chi connectivity index (χ2n) is 6.72. The molecule has 1 aliphatic heterocycles. The molecule has 0 aromatic heterocycles. The number of anilines is 1. The molecule has 1 heterocycles. The van der Waals surface area contributed by atoms with Crippen molar-refractivity contribution in [3.63, 3.8) is 0 Å². The van der Waals surface area contributed by atoms with Gasteiger partial charge in [-0.25, -0.2) is 12.7 Å². The molecular weight excluding hydrogens is 472 g/mol. The minimum Gasteiger partial charge on any atom is -0.497 e. The molecule has 2 aromatic carbocycles. The van der Waals surface area contributed by atoms with Gasteiger partial charge in [-0.15, -0.1) is 0 Å². The van der Waals surface area contributed by atoms with Crippen molar-refractivity contribution in [3.05, 3.63) is 63.6 Å². The van der Waals surface area contributed by atoms with Gasteiger partial charge in [-0.2, -0.15) is 0 Å². The number of carbonyl (C=O) groups is 2. The minimum absolute atomic E-state index is 0.0649. The number of aryl methyl sites for hydroxylation is 1. The molecule has 7 nitrogen and oxygen atoms in total. The van der Waals surface area contributed by atoms with Crippen LogP contribution in [0.5, 0.6) is 5.75 Å². The third kappa shape index (κ3) is 4.13. The Bertz CT molecular complexity index is 1140. The third-order valence-electron chi connectivity index (χ3n) is 4.74. The summed E-state index contributed by atoms with van der Waals surface area (Å²) in [4.78, 5) is 25.3. The first kappa shape index (κ1) is 22.0. The van der Waals surface area contributed by atoms with Gasteiger partial charge in [0.1, 0.15) is 17.2 Å². The zero-order chi connectivity index (χ0) is 22.1. The van der Waals surface area contributed by atoms with Crippen molar-refractivity contribution >= 4 is 48.4 Å². The molecule has 9 heteroatoms. The average molecular weight is 493 g/mol. The van der Waals surface area contributed by atoms with Gasteiger partial charge in [-0.1, -0.05) is 22.9 Å². The van der Waals surface area contributed by atoms with Gasteiger partial charge in [0.25, 0.3) is 15.9 Å². The first-order chi connectivity index (χ1) is 14.2. The van der Waals surface area contributed by atoms with Crippen LogP contribution >= 0.6 is 15.9 Å². The Morgan fingerprint density at radius 1 is 1.17 bits per heavy atom. The summed E-state index contributed by atoms with van der Waals surface area (Å²) in [7, 11) is -2.65. The molecular formula is C21H21BrN2O5S. The van der Waals surface area contributed by atoms with Gasteiger partial charge in [0.2, 0.25) is 5.91 Å². The third-order valence-corrected chi connectivity index (χ3v) is 7.50. The molecule has 0 fully saturated rings. The van der Waals surface area contributed by atoms with Crippen LogP contribution in [0.1, 0.15) is 24.5 Å². The van der Waals surface area contributed by atoms with Gasteiger partial charge in [0.05, 0.1) is 7.11 Å². The van der Waals surface area contributed by atoms with Crippen molar-refractivity contribution in [1.82, 2.24) is 4.31 Å². The fourth-order valence-corrected chi connectivity index (χ4v) is 5.27. The van der Waals surface area contributed by atoms with Crippen molar-refractivity contribution in [2.45, 2.75) is 20.3 Å². The summed E-state index contributed by atoms with van der Waals surface area (Å²) in [5.74, 6) is -0.703. The van der Waals surface area contributed by atoms with E-state index in [0.29, 0.717) is 21.3 Å². The summed E-state index contributed by atoms with van der Waals surface area (Å²) in [6.45, 7) is 2.98. The largest absolute Gasteiger partial charge is 0.497 e. The van der Waals surface area contributed by atoms with E-state index in [1.54, 1.807) is 49.4 Å². The highest BCUT2D eigenvalue weighted by Gasteiger charge is 2.44. The summed E-state index contributed by atoms with van der Waals surface area (Å²) in [6.07, 6.45) is 0.226. The average Bonchev–Trinajstić information content (AvgIpc) is 2.90. The lowest BCUT2D eigenvalue weighted by Gasteiger charge is -2.17. The maximum Gasteiger partial charge on any atom is 0.268 e. The Balaban J connectivity index is 1.87. The number of hydrogen-bond donors (Lipinski definition) is 1. The van der Waals surface area contributed by atoms with Crippen molar-refractivity contribution in [2.75, 3.05) is 19.0 Å². The Hall–Kier alpha value is -2.65. The number of carbonyl (C=O) groups excluding carboxylic acids is 2. The fraction of sp³-hybridized carbons (Fsp3) is 0.238. The van der Waals surface area contributed by atoms with E-state index in [9.17, 15) is 18.0 Å². The maximum atomic E-state index is 13.1. The van der Waals surface area contributed by atoms with E-state index in [1.807, 2.05) is 6.92 Å². The molecule has 0 unspecified atom stereocenters. The topological polar surface area (TPSA) is 92.8 Å². The molecule has 1 aliphatic rings. The lowest BCUT2D eigenvalue weighted by molar-refractivity contribution is -0.126. The standard InChI is InChI=1S/C21H21BrN2O5S/c1-4-17-20(14-5-8-16(29-3)9-6-14)30(27,28)24(21(17)26)12-19(25)23-15-7-10-18(22)13(2)11-15/h5-11H,4,12H2,1-3H3,(H,23,25). The van der Waals surface area contributed by atoms with Crippen molar-refractivity contribution in [1.29, 1.82) is 0 Å². The van der Waals surface area contributed by atoms with E-state index >= 15 is 0 Å². The Morgan fingerprint density at radius 2 is 1.83 bits per heavy atom. The predicted molar refractivity (Wildman–Crippen MR) is 118 cm³/mol. The van der Waals surface area contributed by atoms with E-state index in [1.165, 1.54) is 7.11 Å². The van der Waals surface area contributed by atoms with Gasteiger partial charge in [-0.05, 0) is 66.9 Å². The van der Waals surface area contributed by atoms with Crippen LogP contribution in [0.25, 0.3) is 4.91 Å². The lowest BCUT2D eigenvalue weighted by atomic mass is 10.1. The summed E-state index contributed by atoms with van der Waals surface area (Å²) in [6, 6.07) is 11.6. The van der Waals surface area contributed by atoms with E-state index in [2.05, 4.69) is 21.2 Å². The maximum absolute atomic E-state index is 13.1. The van der Waals surface area contributed by atoms with Gasteiger partial charge in [0, 0.05) is 15.7 Å². The second kappa shape index (κ2) is 8.61. The van der Waals surface area contributed by atoms with E-state index < -0.39 is 28.4 Å². The number of ether oxygens (including phenoxy) is 1. The number of nitrogens with one attached hydrogen (secondary N) is 1. The number of nitrogens with zero attached hydrogens (tertiary/aromatic N) is 1. The number of hydrogen-bond acceptors (Lipinski definition) is 5. The number of rotatable bonds is 6. The van der Waals surface area contributed by atoms with Crippen LogP contribution < -0.4 is 10.1 Å². The molecule has 0 saturated heterocycles. The van der Waals surface area contributed by atoms with Crippen LogP contribution in [0.15, 0.2) is 52.5 Å². The number of sulfonamides is 1. The molecule has 3 rings (SSSR count). The number of methoxy groups -OCH3 is 1. The van der Waals surface area contributed by atoms with Crippen molar-refractivity contribution in [3.8, 4) is 5.75 Å². The summed E-state index contributed by atoms with van der Waals surface area (Å²) >= 11 is 3.38. The monoisotopic (exact) mass is 492 g/mol. The van der Waals surface area contributed by atoms with E-state index in [0.717, 1.165) is 10.0 Å². The van der Waals surface area contributed by atoms with Crippen molar-refractivity contribution < 1.29 is 22.7 Å². The van der Waals surface area contributed by atoms with Gasteiger partial charge in [0.15, 0.2) is 0 Å². The number of benzene rings is 2. The summed E-state index contributed by atoms with van der Waals surface area (Å²) in [5, 5.41) is 2.64. The molecule has 1 N–H and O–H groups in total. The normalized spacial score (nSPS) is 15.5. The highest BCUT2D eigenvalue weighted by atomic mass is 79.9. The van der Waals surface area contributed by atoms with Crippen LogP contribution in [0.2, 0.25) is 0 Å². The number of amides is 2. The lowest BCUT2D eigenvalue weighted by Crippen LogP contribution is -2.38. The quantitative estimate of drug-likeness (QED) is 0.663. The molecule has 0 saturated carbocycles. The Morgan fingerprint density at radius 3 is 2.40 bits per heavy atom. The second-order valence-corrected chi connectivity index (χ2v) is 9.37. The highest BCUT2D eigenvalue weighted by molar-refractivity contribution is 9.10. The van der Waals surface area contributed by atoms with Gasteiger partial charge >= 0.3 is 0 Å². The zero-order valence-electron chi connectivity index (χ0n) is 16.7. The first-order valence-electron chi connectivity index (χ1n) is 9.19. The molecule has 0 aliphatic carbocycles. The molecule has 30 heavy (non-hydrogen) atoms. The minimum atomic E-state index is -4.16. The number of halogens is 1. The molecule has 158 valence electrons. The Kier molecular flexibility index (Phi) is 6.33. The molecule has 2 amide bonds. The molecule has 0 bridgehead atoms.